The summed E-state index contributed by atoms with van der Waals surface area (Å²) >= 11 is 0. The zero-order valence-corrected chi connectivity index (χ0v) is 13.9. The summed E-state index contributed by atoms with van der Waals surface area (Å²) in [6.07, 6.45) is 0. The second kappa shape index (κ2) is 5.76. The van der Waals surface area contributed by atoms with Crippen molar-refractivity contribution in [1.82, 2.24) is 4.90 Å². The Hall–Kier alpha value is -2.56. The molecule has 0 amide bonds. The number of hydrogen-bond donors (Lipinski definition) is 1. The van der Waals surface area contributed by atoms with Gasteiger partial charge in [-0.3, -0.25) is 4.90 Å². The molecule has 4 heteroatoms. The summed E-state index contributed by atoms with van der Waals surface area (Å²) in [6.45, 7) is 2.70. The SMILES string of the molecule is NCC1c2ccc3ccccc3c2CN1Cc1ccc2c(c1)OCO2. The molecule has 2 heterocycles. The fraction of sp³-hybridized carbons (Fsp3) is 0.238. The lowest BCUT2D eigenvalue weighted by atomic mass is 9.98. The lowest BCUT2D eigenvalue weighted by molar-refractivity contribution is 0.173. The highest BCUT2D eigenvalue weighted by atomic mass is 16.7. The van der Waals surface area contributed by atoms with Crippen molar-refractivity contribution >= 4 is 10.8 Å². The fourth-order valence-electron chi connectivity index (χ4n) is 4.07. The van der Waals surface area contributed by atoms with Crippen molar-refractivity contribution in [1.29, 1.82) is 0 Å². The molecule has 2 aliphatic heterocycles. The second-order valence-electron chi connectivity index (χ2n) is 6.70. The van der Waals surface area contributed by atoms with Crippen LogP contribution >= 0.6 is 0 Å². The van der Waals surface area contributed by atoms with Crippen molar-refractivity contribution < 1.29 is 9.47 Å². The van der Waals surface area contributed by atoms with Crippen LogP contribution in [0.4, 0.5) is 0 Å². The third-order valence-corrected chi connectivity index (χ3v) is 5.28. The van der Waals surface area contributed by atoms with Gasteiger partial charge in [-0.15, -0.1) is 0 Å². The van der Waals surface area contributed by atoms with E-state index >= 15 is 0 Å². The molecule has 3 aromatic rings. The van der Waals surface area contributed by atoms with Gasteiger partial charge < -0.3 is 15.2 Å². The van der Waals surface area contributed by atoms with Crippen LogP contribution in [-0.4, -0.2) is 18.2 Å². The maximum absolute atomic E-state index is 6.14. The normalized spacial score (nSPS) is 18.7. The summed E-state index contributed by atoms with van der Waals surface area (Å²) in [5.41, 5.74) is 10.1. The molecule has 2 aliphatic rings. The third kappa shape index (κ3) is 2.37. The molecule has 1 unspecified atom stereocenters. The molecule has 0 aliphatic carbocycles. The predicted molar refractivity (Wildman–Crippen MR) is 97.6 cm³/mol. The number of nitrogens with two attached hydrogens (primary N) is 1. The van der Waals surface area contributed by atoms with E-state index < -0.39 is 0 Å². The molecule has 5 rings (SSSR count). The third-order valence-electron chi connectivity index (χ3n) is 5.28. The Labute approximate surface area is 146 Å². The molecule has 0 bridgehead atoms. The first kappa shape index (κ1) is 14.8. The van der Waals surface area contributed by atoms with E-state index in [4.69, 9.17) is 15.2 Å². The van der Waals surface area contributed by atoms with Gasteiger partial charge in [0.25, 0.3) is 0 Å². The van der Waals surface area contributed by atoms with Crippen molar-refractivity contribution in [2.75, 3.05) is 13.3 Å². The molecule has 0 saturated heterocycles. The van der Waals surface area contributed by atoms with Gasteiger partial charge in [-0.1, -0.05) is 42.5 Å². The Morgan fingerprint density at radius 3 is 2.80 bits per heavy atom. The molecule has 0 saturated carbocycles. The van der Waals surface area contributed by atoms with Gasteiger partial charge in [0.15, 0.2) is 11.5 Å². The van der Waals surface area contributed by atoms with Crippen molar-refractivity contribution in [2.45, 2.75) is 19.1 Å². The fourth-order valence-corrected chi connectivity index (χ4v) is 4.07. The molecule has 2 N–H and O–H groups in total. The van der Waals surface area contributed by atoms with E-state index in [0.717, 1.165) is 24.6 Å². The van der Waals surface area contributed by atoms with Gasteiger partial charge in [-0.25, -0.2) is 0 Å². The summed E-state index contributed by atoms with van der Waals surface area (Å²) in [6, 6.07) is 19.5. The summed E-state index contributed by atoms with van der Waals surface area (Å²) in [5, 5.41) is 2.63. The van der Waals surface area contributed by atoms with Gasteiger partial charge in [-0.05, 0) is 39.6 Å². The van der Waals surface area contributed by atoms with Crippen LogP contribution in [0.3, 0.4) is 0 Å². The maximum atomic E-state index is 6.14. The zero-order chi connectivity index (χ0) is 16.8. The molecular weight excluding hydrogens is 312 g/mol. The van der Waals surface area contributed by atoms with Crippen LogP contribution in [0.15, 0.2) is 54.6 Å². The molecule has 1 atom stereocenters. The van der Waals surface area contributed by atoms with Crippen molar-refractivity contribution in [3.8, 4) is 11.5 Å². The molecule has 126 valence electrons. The maximum Gasteiger partial charge on any atom is 0.231 e. The van der Waals surface area contributed by atoms with Gasteiger partial charge >= 0.3 is 0 Å². The average molecular weight is 332 g/mol. The standard InChI is InChI=1S/C21H20N2O2/c22-10-19-17-7-6-15-3-1-2-4-16(15)18(17)12-23(19)11-14-5-8-20-21(9-14)25-13-24-20/h1-9,19H,10-13,22H2. The summed E-state index contributed by atoms with van der Waals surface area (Å²) in [5.74, 6) is 1.67. The highest BCUT2D eigenvalue weighted by Gasteiger charge is 2.30. The van der Waals surface area contributed by atoms with E-state index in [1.54, 1.807) is 0 Å². The number of rotatable bonds is 3. The molecule has 3 aromatic carbocycles. The highest BCUT2D eigenvalue weighted by Crippen LogP contribution is 2.39. The Balaban J connectivity index is 1.49. The molecule has 0 spiro atoms. The highest BCUT2D eigenvalue weighted by molar-refractivity contribution is 5.87. The summed E-state index contributed by atoms with van der Waals surface area (Å²) in [7, 11) is 0. The van der Waals surface area contributed by atoms with E-state index in [9.17, 15) is 0 Å². The molecule has 0 fully saturated rings. The van der Waals surface area contributed by atoms with Gasteiger partial charge in [0.1, 0.15) is 0 Å². The first-order valence-corrected chi connectivity index (χ1v) is 8.66. The quantitative estimate of drug-likeness (QED) is 0.796. The van der Waals surface area contributed by atoms with E-state index in [2.05, 4.69) is 53.4 Å². The zero-order valence-electron chi connectivity index (χ0n) is 13.9. The molecule has 0 aromatic heterocycles. The van der Waals surface area contributed by atoms with Crippen LogP contribution in [0.2, 0.25) is 0 Å². The smallest absolute Gasteiger partial charge is 0.231 e. The topological polar surface area (TPSA) is 47.7 Å². The Morgan fingerprint density at radius 1 is 1.00 bits per heavy atom. The first-order valence-electron chi connectivity index (χ1n) is 8.66. The summed E-state index contributed by atoms with van der Waals surface area (Å²) < 4.78 is 10.9. The Bertz CT molecular complexity index is 954. The van der Waals surface area contributed by atoms with Gasteiger partial charge in [0, 0.05) is 25.7 Å². The van der Waals surface area contributed by atoms with Crippen LogP contribution in [0.25, 0.3) is 10.8 Å². The van der Waals surface area contributed by atoms with Crippen molar-refractivity contribution in [3.63, 3.8) is 0 Å². The van der Waals surface area contributed by atoms with Crippen molar-refractivity contribution in [2.24, 2.45) is 5.73 Å². The minimum Gasteiger partial charge on any atom is -0.454 e. The van der Waals surface area contributed by atoms with Gasteiger partial charge in [0.2, 0.25) is 6.79 Å². The molecular formula is C21H20N2O2. The van der Waals surface area contributed by atoms with E-state index in [1.807, 2.05) is 6.07 Å². The number of hydrogen-bond acceptors (Lipinski definition) is 4. The first-order chi connectivity index (χ1) is 12.3. The number of nitrogens with zero attached hydrogens (tertiary/aromatic N) is 1. The van der Waals surface area contributed by atoms with Crippen LogP contribution in [0.5, 0.6) is 11.5 Å². The van der Waals surface area contributed by atoms with Crippen molar-refractivity contribution in [3.05, 3.63) is 71.3 Å². The summed E-state index contributed by atoms with van der Waals surface area (Å²) in [4.78, 5) is 2.45. The molecule has 25 heavy (non-hydrogen) atoms. The minimum atomic E-state index is 0.255. The van der Waals surface area contributed by atoms with E-state index in [1.165, 1.54) is 27.5 Å². The lowest BCUT2D eigenvalue weighted by Crippen LogP contribution is -2.27. The Morgan fingerprint density at radius 2 is 1.88 bits per heavy atom. The van der Waals surface area contributed by atoms with E-state index in [-0.39, 0.29) is 6.04 Å². The van der Waals surface area contributed by atoms with Gasteiger partial charge in [-0.2, -0.15) is 0 Å². The average Bonchev–Trinajstić information content (AvgIpc) is 3.25. The van der Waals surface area contributed by atoms with Crippen LogP contribution in [-0.2, 0) is 13.1 Å². The number of ether oxygens (including phenoxy) is 2. The van der Waals surface area contributed by atoms with Crippen LogP contribution in [0.1, 0.15) is 22.7 Å². The molecule has 4 nitrogen and oxygen atoms in total. The lowest BCUT2D eigenvalue weighted by Gasteiger charge is -2.23. The molecule has 0 radical (unpaired) electrons. The predicted octanol–water partition coefficient (Wildman–Crippen LogP) is 3.58. The monoisotopic (exact) mass is 332 g/mol. The van der Waals surface area contributed by atoms with Crippen LogP contribution < -0.4 is 15.2 Å². The number of fused-ring (bicyclic) bond motifs is 4. The van der Waals surface area contributed by atoms with E-state index in [0.29, 0.717) is 13.3 Å². The second-order valence-corrected chi connectivity index (χ2v) is 6.70. The minimum absolute atomic E-state index is 0.255. The number of benzene rings is 3. The largest absolute Gasteiger partial charge is 0.454 e. The van der Waals surface area contributed by atoms with Gasteiger partial charge in [0.05, 0.1) is 0 Å². The van der Waals surface area contributed by atoms with Crippen LogP contribution in [0, 0.1) is 0 Å². The Kier molecular flexibility index (Phi) is 3.40.